The lowest BCUT2D eigenvalue weighted by molar-refractivity contribution is -0.147. The van der Waals surface area contributed by atoms with Gasteiger partial charge in [-0.05, 0) is 26.2 Å². The first-order chi connectivity index (χ1) is 8.22. The van der Waals surface area contributed by atoms with Crippen LogP contribution in [0.1, 0.15) is 39.0 Å². The van der Waals surface area contributed by atoms with Gasteiger partial charge in [0.05, 0.1) is 12.7 Å². The van der Waals surface area contributed by atoms with Gasteiger partial charge in [0.1, 0.15) is 6.61 Å². The van der Waals surface area contributed by atoms with Crippen LogP contribution < -0.4 is 0 Å². The molecule has 0 radical (unpaired) electrons. The number of ether oxygens (including phenoxy) is 3. The minimum absolute atomic E-state index is 0.0593. The van der Waals surface area contributed by atoms with Crippen molar-refractivity contribution in [2.24, 2.45) is 0 Å². The Bertz CT molecular complexity index is 245. The molecule has 0 bridgehead atoms. The third-order valence-electron chi connectivity index (χ3n) is 2.52. The first-order valence-electron chi connectivity index (χ1n) is 6.15. The summed E-state index contributed by atoms with van der Waals surface area (Å²) in [6.45, 7) is 3.22. The summed E-state index contributed by atoms with van der Waals surface area (Å²) in [7, 11) is 0. The maximum atomic E-state index is 11.3. The van der Waals surface area contributed by atoms with Gasteiger partial charge in [0.25, 0.3) is 0 Å². The maximum absolute atomic E-state index is 11.3. The van der Waals surface area contributed by atoms with E-state index in [0.717, 1.165) is 19.4 Å². The van der Waals surface area contributed by atoms with Gasteiger partial charge in [-0.2, -0.15) is 0 Å². The van der Waals surface area contributed by atoms with Gasteiger partial charge in [-0.1, -0.05) is 0 Å². The van der Waals surface area contributed by atoms with Crippen LogP contribution in [0.4, 0.5) is 0 Å². The van der Waals surface area contributed by atoms with Crippen LogP contribution in [0.25, 0.3) is 0 Å². The van der Waals surface area contributed by atoms with Crippen LogP contribution in [0.15, 0.2) is 0 Å². The molecule has 5 heteroatoms. The second kappa shape index (κ2) is 8.06. The molecule has 1 unspecified atom stereocenters. The highest BCUT2D eigenvalue weighted by atomic mass is 16.6. The molecule has 0 aliphatic carbocycles. The molecule has 98 valence electrons. The quantitative estimate of drug-likeness (QED) is 0.634. The predicted molar refractivity (Wildman–Crippen MR) is 60.4 cm³/mol. The van der Waals surface area contributed by atoms with E-state index in [2.05, 4.69) is 0 Å². The van der Waals surface area contributed by atoms with Crippen LogP contribution in [0.5, 0.6) is 0 Å². The standard InChI is InChI=1S/C12H20O5/c1-2-15-11(13)6-3-7-12(14)17-9-10-5-4-8-16-10/h10H,2-9H2,1H3. The molecule has 0 aromatic rings. The first kappa shape index (κ1) is 14.0. The Morgan fingerprint density at radius 3 is 2.53 bits per heavy atom. The Kier molecular flexibility index (Phi) is 6.62. The van der Waals surface area contributed by atoms with Crippen molar-refractivity contribution in [1.82, 2.24) is 0 Å². The Balaban J connectivity index is 1.98. The van der Waals surface area contributed by atoms with E-state index in [1.54, 1.807) is 6.92 Å². The van der Waals surface area contributed by atoms with Crippen LogP contribution >= 0.6 is 0 Å². The van der Waals surface area contributed by atoms with Gasteiger partial charge in [0.2, 0.25) is 0 Å². The molecule has 17 heavy (non-hydrogen) atoms. The lowest BCUT2D eigenvalue weighted by atomic mass is 10.2. The number of carbonyl (C=O) groups is 2. The van der Waals surface area contributed by atoms with E-state index < -0.39 is 0 Å². The van der Waals surface area contributed by atoms with Crippen molar-refractivity contribution in [2.45, 2.75) is 45.1 Å². The van der Waals surface area contributed by atoms with Crippen LogP contribution in [-0.2, 0) is 23.8 Å². The molecule has 1 atom stereocenters. The predicted octanol–water partition coefficient (Wildman–Crippen LogP) is 1.44. The first-order valence-corrected chi connectivity index (χ1v) is 6.15. The number of rotatable bonds is 7. The number of hydrogen-bond acceptors (Lipinski definition) is 5. The second-order valence-electron chi connectivity index (χ2n) is 3.98. The van der Waals surface area contributed by atoms with Crippen LogP contribution in [0, 0.1) is 0 Å². The third kappa shape index (κ3) is 6.26. The lowest BCUT2D eigenvalue weighted by Crippen LogP contribution is -2.17. The fourth-order valence-electron chi connectivity index (χ4n) is 1.64. The fraction of sp³-hybridized carbons (Fsp3) is 0.833. The van der Waals surface area contributed by atoms with Gasteiger partial charge in [-0.25, -0.2) is 0 Å². The molecule has 0 saturated carbocycles. The molecule has 0 aromatic heterocycles. The van der Waals surface area contributed by atoms with Crippen molar-refractivity contribution in [1.29, 1.82) is 0 Å². The van der Waals surface area contributed by atoms with E-state index in [9.17, 15) is 9.59 Å². The maximum Gasteiger partial charge on any atom is 0.305 e. The molecule has 0 N–H and O–H groups in total. The van der Waals surface area contributed by atoms with Gasteiger partial charge in [0.15, 0.2) is 0 Å². The zero-order chi connectivity index (χ0) is 12.5. The highest BCUT2D eigenvalue weighted by molar-refractivity contribution is 5.72. The van der Waals surface area contributed by atoms with E-state index in [-0.39, 0.29) is 30.9 Å². The van der Waals surface area contributed by atoms with E-state index in [0.29, 0.717) is 19.6 Å². The number of esters is 2. The third-order valence-corrected chi connectivity index (χ3v) is 2.52. The lowest BCUT2D eigenvalue weighted by Gasteiger charge is -2.09. The Morgan fingerprint density at radius 1 is 1.24 bits per heavy atom. The number of hydrogen-bond donors (Lipinski definition) is 0. The smallest absolute Gasteiger partial charge is 0.305 e. The highest BCUT2D eigenvalue weighted by Crippen LogP contribution is 2.12. The van der Waals surface area contributed by atoms with Crippen molar-refractivity contribution in [3.63, 3.8) is 0 Å². The average molecular weight is 244 g/mol. The molecular formula is C12H20O5. The van der Waals surface area contributed by atoms with Crippen LogP contribution in [0.2, 0.25) is 0 Å². The van der Waals surface area contributed by atoms with E-state index in [1.807, 2.05) is 0 Å². The van der Waals surface area contributed by atoms with E-state index in [4.69, 9.17) is 14.2 Å². The van der Waals surface area contributed by atoms with Crippen LogP contribution in [0.3, 0.4) is 0 Å². The largest absolute Gasteiger partial charge is 0.466 e. The van der Waals surface area contributed by atoms with Gasteiger partial charge < -0.3 is 14.2 Å². The minimum Gasteiger partial charge on any atom is -0.466 e. The van der Waals surface area contributed by atoms with Crippen molar-refractivity contribution in [2.75, 3.05) is 19.8 Å². The molecule has 0 aromatic carbocycles. The molecule has 1 saturated heterocycles. The summed E-state index contributed by atoms with van der Waals surface area (Å²) in [6, 6.07) is 0. The second-order valence-corrected chi connectivity index (χ2v) is 3.98. The molecule has 1 fully saturated rings. The zero-order valence-corrected chi connectivity index (χ0v) is 10.3. The van der Waals surface area contributed by atoms with Crippen molar-refractivity contribution >= 4 is 11.9 Å². The van der Waals surface area contributed by atoms with Gasteiger partial charge in [0, 0.05) is 19.4 Å². The Hall–Kier alpha value is -1.10. The monoisotopic (exact) mass is 244 g/mol. The Morgan fingerprint density at radius 2 is 1.94 bits per heavy atom. The van der Waals surface area contributed by atoms with Gasteiger partial charge >= 0.3 is 11.9 Å². The van der Waals surface area contributed by atoms with Gasteiger partial charge in [-0.3, -0.25) is 9.59 Å². The molecule has 0 spiro atoms. The van der Waals surface area contributed by atoms with E-state index >= 15 is 0 Å². The summed E-state index contributed by atoms with van der Waals surface area (Å²) < 4.78 is 15.1. The summed E-state index contributed by atoms with van der Waals surface area (Å²) in [5.41, 5.74) is 0. The fourth-order valence-corrected chi connectivity index (χ4v) is 1.64. The van der Waals surface area contributed by atoms with Crippen LogP contribution in [-0.4, -0.2) is 37.9 Å². The average Bonchev–Trinajstić information content (AvgIpc) is 2.79. The summed E-state index contributed by atoms with van der Waals surface area (Å²) in [5.74, 6) is -0.538. The molecule has 1 aliphatic rings. The zero-order valence-electron chi connectivity index (χ0n) is 10.3. The summed E-state index contributed by atoms with van der Waals surface area (Å²) >= 11 is 0. The Labute approximate surface area is 101 Å². The van der Waals surface area contributed by atoms with Gasteiger partial charge in [-0.15, -0.1) is 0 Å². The molecule has 0 amide bonds. The number of carbonyl (C=O) groups excluding carboxylic acids is 2. The molecular weight excluding hydrogens is 224 g/mol. The van der Waals surface area contributed by atoms with Crippen molar-refractivity contribution in [3.05, 3.63) is 0 Å². The van der Waals surface area contributed by atoms with Crippen molar-refractivity contribution < 1.29 is 23.8 Å². The summed E-state index contributed by atoms with van der Waals surface area (Å²) in [5, 5.41) is 0. The highest BCUT2D eigenvalue weighted by Gasteiger charge is 2.17. The summed E-state index contributed by atoms with van der Waals surface area (Å²) in [6.07, 6.45) is 3.04. The minimum atomic E-state index is -0.273. The molecule has 5 nitrogen and oxygen atoms in total. The molecule has 1 aliphatic heterocycles. The SMILES string of the molecule is CCOC(=O)CCCC(=O)OCC1CCCO1. The van der Waals surface area contributed by atoms with Crippen molar-refractivity contribution in [3.8, 4) is 0 Å². The molecule has 1 heterocycles. The molecule has 1 rings (SSSR count). The normalized spacial score (nSPS) is 19.0. The summed E-state index contributed by atoms with van der Waals surface area (Å²) in [4.78, 5) is 22.3. The van der Waals surface area contributed by atoms with E-state index in [1.165, 1.54) is 0 Å². The topological polar surface area (TPSA) is 61.8 Å².